The van der Waals surface area contributed by atoms with Gasteiger partial charge < -0.3 is 4.57 Å². The Bertz CT molecular complexity index is 1190. The molecule has 0 fully saturated rings. The van der Waals surface area contributed by atoms with Crippen LogP contribution in [0.5, 0.6) is 0 Å². The highest BCUT2D eigenvalue weighted by Crippen LogP contribution is 2.31. The largest absolute Gasteiger partial charge is 0.406 e. The van der Waals surface area contributed by atoms with E-state index in [1.807, 2.05) is 4.72 Å². The SMILES string of the molecule is C=Nc1cn(CC(NS(=O)(=O)c2c(C)cc(C)cc2C)C(F)(F)F)c2ccccc12. The van der Waals surface area contributed by atoms with Crippen LogP contribution in [0.2, 0.25) is 0 Å². The van der Waals surface area contributed by atoms with Crippen molar-refractivity contribution in [3.05, 3.63) is 59.3 Å². The zero-order valence-corrected chi connectivity index (χ0v) is 17.6. The number of benzene rings is 2. The number of hydrogen-bond acceptors (Lipinski definition) is 3. The summed E-state index contributed by atoms with van der Waals surface area (Å²) in [6.07, 6.45) is -3.36. The average Bonchev–Trinajstić information content (AvgIpc) is 2.97. The maximum absolute atomic E-state index is 13.8. The van der Waals surface area contributed by atoms with Crippen LogP contribution in [-0.4, -0.2) is 31.9 Å². The van der Waals surface area contributed by atoms with Gasteiger partial charge in [0.05, 0.1) is 16.1 Å². The van der Waals surface area contributed by atoms with Crippen molar-refractivity contribution in [2.75, 3.05) is 0 Å². The summed E-state index contributed by atoms with van der Waals surface area (Å²) in [5.74, 6) is 0. The van der Waals surface area contributed by atoms with Crippen LogP contribution >= 0.6 is 0 Å². The number of halogens is 3. The second-order valence-corrected chi connectivity index (χ2v) is 8.94. The van der Waals surface area contributed by atoms with E-state index in [2.05, 4.69) is 11.7 Å². The summed E-state index contributed by atoms with van der Waals surface area (Å²) in [5.41, 5.74) is 2.56. The fourth-order valence-electron chi connectivity index (χ4n) is 3.75. The molecule has 0 aliphatic heterocycles. The van der Waals surface area contributed by atoms with Crippen LogP contribution in [0.15, 0.2) is 52.5 Å². The van der Waals surface area contributed by atoms with Crippen LogP contribution in [-0.2, 0) is 16.6 Å². The predicted molar refractivity (Wildman–Crippen MR) is 112 cm³/mol. The summed E-state index contributed by atoms with van der Waals surface area (Å²) >= 11 is 0. The fourth-order valence-corrected chi connectivity index (χ4v) is 5.41. The minimum Gasteiger partial charge on any atom is -0.343 e. The van der Waals surface area contributed by atoms with E-state index in [1.165, 1.54) is 10.8 Å². The van der Waals surface area contributed by atoms with Gasteiger partial charge in [0.2, 0.25) is 10.0 Å². The van der Waals surface area contributed by atoms with Crippen molar-refractivity contribution in [1.82, 2.24) is 9.29 Å². The van der Waals surface area contributed by atoms with E-state index in [1.54, 1.807) is 57.2 Å². The maximum atomic E-state index is 13.8. The number of nitrogens with zero attached hydrogens (tertiary/aromatic N) is 2. The molecule has 3 aromatic rings. The Morgan fingerprint density at radius 3 is 2.30 bits per heavy atom. The minimum absolute atomic E-state index is 0.131. The van der Waals surface area contributed by atoms with Crippen LogP contribution in [0.25, 0.3) is 10.9 Å². The van der Waals surface area contributed by atoms with Crippen molar-refractivity contribution in [2.45, 2.75) is 44.4 Å². The number of aliphatic imine (C=N–C) groups is 1. The number of nitrogens with one attached hydrogen (secondary N) is 1. The highest BCUT2D eigenvalue weighted by molar-refractivity contribution is 7.89. The predicted octanol–water partition coefficient (Wildman–Crippen LogP) is 4.81. The van der Waals surface area contributed by atoms with Crippen molar-refractivity contribution < 1.29 is 21.6 Å². The Morgan fingerprint density at radius 2 is 1.73 bits per heavy atom. The molecule has 1 heterocycles. The molecule has 30 heavy (non-hydrogen) atoms. The number of alkyl halides is 3. The van der Waals surface area contributed by atoms with Gasteiger partial charge in [0.15, 0.2) is 0 Å². The van der Waals surface area contributed by atoms with E-state index in [0.29, 0.717) is 27.7 Å². The highest BCUT2D eigenvalue weighted by Gasteiger charge is 2.43. The molecular formula is C21H22F3N3O2S. The van der Waals surface area contributed by atoms with Crippen molar-refractivity contribution in [2.24, 2.45) is 4.99 Å². The maximum Gasteiger partial charge on any atom is 0.406 e. The first-order valence-electron chi connectivity index (χ1n) is 9.15. The van der Waals surface area contributed by atoms with Gasteiger partial charge in [0.1, 0.15) is 6.04 Å². The molecule has 3 rings (SSSR count). The van der Waals surface area contributed by atoms with Gasteiger partial charge in [-0.05, 0) is 44.7 Å². The second-order valence-electron chi connectivity index (χ2n) is 7.29. The first-order chi connectivity index (χ1) is 13.9. The molecule has 1 N–H and O–H groups in total. The second kappa shape index (κ2) is 7.88. The molecule has 0 saturated carbocycles. The van der Waals surface area contributed by atoms with Crippen LogP contribution in [0.3, 0.4) is 0 Å². The number of rotatable bonds is 6. The van der Waals surface area contributed by atoms with Crippen LogP contribution in [0, 0.1) is 20.8 Å². The first-order valence-corrected chi connectivity index (χ1v) is 10.6. The zero-order chi connectivity index (χ0) is 22.3. The van der Waals surface area contributed by atoms with Gasteiger partial charge >= 0.3 is 6.18 Å². The van der Waals surface area contributed by atoms with Gasteiger partial charge in [-0.3, -0.25) is 4.99 Å². The Labute approximate surface area is 173 Å². The van der Waals surface area contributed by atoms with E-state index < -0.39 is 28.8 Å². The van der Waals surface area contributed by atoms with Crippen LogP contribution in [0.1, 0.15) is 16.7 Å². The summed E-state index contributed by atoms with van der Waals surface area (Å²) in [4.78, 5) is 3.72. The van der Waals surface area contributed by atoms with Gasteiger partial charge in [-0.2, -0.15) is 17.9 Å². The molecular weight excluding hydrogens is 415 g/mol. The molecule has 0 radical (unpaired) electrons. The van der Waals surface area contributed by atoms with Crippen LogP contribution in [0.4, 0.5) is 18.9 Å². The summed E-state index contributed by atoms with van der Waals surface area (Å²) in [6, 6.07) is 7.75. The summed E-state index contributed by atoms with van der Waals surface area (Å²) in [7, 11) is -4.41. The molecule has 0 amide bonds. The molecule has 1 atom stereocenters. The number of fused-ring (bicyclic) bond motifs is 1. The monoisotopic (exact) mass is 437 g/mol. The average molecular weight is 437 g/mol. The number of sulfonamides is 1. The van der Waals surface area contributed by atoms with Crippen molar-refractivity contribution in [3.8, 4) is 0 Å². The van der Waals surface area contributed by atoms with Gasteiger partial charge in [-0.25, -0.2) is 8.42 Å². The molecule has 0 saturated heterocycles. The Balaban J connectivity index is 2.02. The molecule has 0 bridgehead atoms. The van der Waals surface area contributed by atoms with Crippen LogP contribution < -0.4 is 4.72 Å². The fraction of sp³-hybridized carbons (Fsp3) is 0.286. The van der Waals surface area contributed by atoms with Crippen molar-refractivity contribution >= 4 is 33.3 Å². The standard InChI is InChI=1S/C21H22F3N3O2S/c1-13-9-14(2)20(15(3)10-13)30(28,29)26-19(21(22,23)24)12-27-11-17(25-4)16-7-5-6-8-18(16)27/h5-11,19,26H,4,12H2,1-3H3. The molecule has 1 aromatic heterocycles. The zero-order valence-electron chi connectivity index (χ0n) is 16.8. The van der Waals surface area contributed by atoms with Gasteiger partial charge in [0.25, 0.3) is 0 Å². The minimum atomic E-state index is -4.80. The molecule has 160 valence electrons. The number of para-hydroxylation sites is 1. The molecule has 0 spiro atoms. The normalized spacial score (nSPS) is 13.5. The van der Waals surface area contributed by atoms with E-state index >= 15 is 0 Å². The summed E-state index contributed by atoms with van der Waals surface area (Å²) < 4.78 is 70.5. The van der Waals surface area contributed by atoms with Crippen molar-refractivity contribution in [3.63, 3.8) is 0 Å². The highest BCUT2D eigenvalue weighted by atomic mass is 32.2. The van der Waals surface area contributed by atoms with Gasteiger partial charge in [0, 0.05) is 18.1 Å². The lowest BCUT2D eigenvalue weighted by Crippen LogP contribution is -2.48. The van der Waals surface area contributed by atoms with E-state index in [0.717, 1.165) is 5.56 Å². The van der Waals surface area contributed by atoms with Gasteiger partial charge in [-0.15, -0.1) is 0 Å². The third-order valence-electron chi connectivity index (χ3n) is 4.88. The van der Waals surface area contributed by atoms with Crippen molar-refractivity contribution in [1.29, 1.82) is 0 Å². The van der Waals surface area contributed by atoms with E-state index in [-0.39, 0.29) is 4.90 Å². The number of aryl methyl sites for hydroxylation is 3. The van der Waals surface area contributed by atoms with E-state index in [9.17, 15) is 21.6 Å². The Hall–Kier alpha value is -2.65. The lowest BCUT2D eigenvalue weighted by Gasteiger charge is -2.23. The third kappa shape index (κ3) is 4.27. The summed E-state index contributed by atoms with van der Waals surface area (Å²) in [5, 5.41) is 0.640. The Morgan fingerprint density at radius 1 is 1.13 bits per heavy atom. The lowest BCUT2D eigenvalue weighted by atomic mass is 10.1. The molecule has 2 aromatic carbocycles. The molecule has 0 aliphatic carbocycles. The van der Waals surface area contributed by atoms with E-state index in [4.69, 9.17) is 0 Å². The first kappa shape index (κ1) is 22.0. The molecule has 5 nitrogen and oxygen atoms in total. The van der Waals surface area contributed by atoms with Gasteiger partial charge in [-0.1, -0.05) is 35.9 Å². The summed E-state index contributed by atoms with van der Waals surface area (Å²) in [6.45, 7) is 7.75. The molecule has 9 heteroatoms. The number of aromatic nitrogens is 1. The molecule has 1 unspecified atom stereocenters. The topological polar surface area (TPSA) is 63.5 Å². The number of hydrogen-bond donors (Lipinski definition) is 1. The lowest BCUT2D eigenvalue weighted by molar-refractivity contribution is -0.154. The molecule has 0 aliphatic rings. The quantitative estimate of drug-likeness (QED) is 0.563. The smallest absolute Gasteiger partial charge is 0.343 e. The Kier molecular flexibility index (Phi) is 5.79. The third-order valence-corrected chi connectivity index (χ3v) is 6.66.